The third-order valence-electron chi connectivity index (χ3n) is 5.05. The van der Waals surface area contributed by atoms with E-state index in [0.717, 1.165) is 12.2 Å². The number of hydrogen-bond acceptors (Lipinski definition) is 5. The molecule has 1 saturated heterocycles. The van der Waals surface area contributed by atoms with Crippen LogP contribution < -0.4 is 10.6 Å². The Hall–Kier alpha value is -0.830. The molecule has 2 N–H and O–H groups in total. The molecule has 2 amide bonds. The van der Waals surface area contributed by atoms with Crippen molar-refractivity contribution in [3.05, 3.63) is 12.3 Å². The molecule has 0 aromatic carbocycles. The molecule has 1 saturated carbocycles. The maximum Gasteiger partial charge on any atom is 0.250 e. The SMILES string of the molecule is C=C(CCC(=O)NCC1OSCCC1C)NC(=O)COC1CCC(Cl)C(F)C1. The van der Waals surface area contributed by atoms with Crippen molar-refractivity contribution in [2.45, 2.75) is 69.2 Å². The molecule has 0 aromatic heterocycles. The van der Waals surface area contributed by atoms with E-state index in [2.05, 4.69) is 24.1 Å². The average molecular weight is 437 g/mol. The van der Waals surface area contributed by atoms with Crippen LogP contribution in [0, 0.1) is 5.92 Å². The molecule has 2 aliphatic rings. The number of hydrogen-bond donors (Lipinski definition) is 2. The second kappa shape index (κ2) is 12.0. The maximum absolute atomic E-state index is 13.6. The molecule has 0 radical (unpaired) electrons. The van der Waals surface area contributed by atoms with E-state index >= 15 is 0 Å². The Morgan fingerprint density at radius 1 is 1.29 bits per heavy atom. The van der Waals surface area contributed by atoms with Crippen molar-refractivity contribution in [2.75, 3.05) is 18.9 Å². The van der Waals surface area contributed by atoms with Crippen LogP contribution in [0.5, 0.6) is 0 Å². The molecule has 6 nitrogen and oxygen atoms in total. The highest BCUT2D eigenvalue weighted by Gasteiger charge is 2.30. The maximum atomic E-state index is 13.6. The van der Waals surface area contributed by atoms with Crippen LogP contribution in [0.2, 0.25) is 0 Å². The van der Waals surface area contributed by atoms with Crippen LogP contribution in [0.1, 0.15) is 45.4 Å². The summed E-state index contributed by atoms with van der Waals surface area (Å²) in [5.41, 5.74) is 0.453. The molecular weight excluding hydrogens is 407 g/mol. The van der Waals surface area contributed by atoms with Crippen molar-refractivity contribution in [2.24, 2.45) is 5.92 Å². The number of ether oxygens (including phenoxy) is 1. The zero-order chi connectivity index (χ0) is 20.5. The van der Waals surface area contributed by atoms with E-state index < -0.39 is 11.5 Å². The first-order valence-electron chi connectivity index (χ1n) is 9.77. The smallest absolute Gasteiger partial charge is 0.250 e. The summed E-state index contributed by atoms with van der Waals surface area (Å²) >= 11 is 7.28. The van der Waals surface area contributed by atoms with Gasteiger partial charge in [0.2, 0.25) is 11.8 Å². The van der Waals surface area contributed by atoms with Crippen LogP contribution in [0.3, 0.4) is 0 Å². The van der Waals surface area contributed by atoms with Gasteiger partial charge in [0.25, 0.3) is 0 Å². The Balaban J connectivity index is 1.56. The monoisotopic (exact) mass is 436 g/mol. The number of amides is 2. The van der Waals surface area contributed by atoms with Gasteiger partial charge < -0.3 is 19.6 Å². The zero-order valence-corrected chi connectivity index (χ0v) is 17.8. The number of carbonyl (C=O) groups is 2. The minimum Gasteiger partial charge on any atom is -0.368 e. The molecule has 28 heavy (non-hydrogen) atoms. The lowest BCUT2D eigenvalue weighted by Gasteiger charge is -2.28. The van der Waals surface area contributed by atoms with E-state index in [0.29, 0.717) is 37.4 Å². The Labute approximate surface area is 175 Å². The summed E-state index contributed by atoms with van der Waals surface area (Å²) in [6.45, 7) is 6.21. The number of carbonyl (C=O) groups excluding carboxylic acids is 2. The summed E-state index contributed by atoms with van der Waals surface area (Å²) in [6, 6.07) is 0. The lowest BCUT2D eigenvalue weighted by molar-refractivity contribution is -0.128. The highest BCUT2D eigenvalue weighted by atomic mass is 35.5. The Morgan fingerprint density at radius 2 is 2.07 bits per heavy atom. The highest BCUT2D eigenvalue weighted by molar-refractivity contribution is 7.94. The van der Waals surface area contributed by atoms with Crippen LogP contribution in [0.4, 0.5) is 4.39 Å². The molecule has 5 atom stereocenters. The lowest BCUT2D eigenvalue weighted by Crippen LogP contribution is -2.38. The molecule has 0 spiro atoms. The van der Waals surface area contributed by atoms with Crippen LogP contribution in [-0.4, -0.2) is 54.5 Å². The largest absolute Gasteiger partial charge is 0.368 e. The predicted octanol–water partition coefficient (Wildman–Crippen LogP) is 3.10. The van der Waals surface area contributed by atoms with Crippen molar-refractivity contribution in [3.63, 3.8) is 0 Å². The number of allylic oxidation sites excluding steroid dienone is 1. The fourth-order valence-corrected chi connectivity index (χ4v) is 4.36. The quantitative estimate of drug-likeness (QED) is 0.429. The van der Waals surface area contributed by atoms with Gasteiger partial charge in [-0.2, -0.15) is 0 Å². The van der Waals surface area contributed by atoms with E-state index in [-0.39, 0.29) is 43.5 Å². The van der Waals surface area contributed by atoms with Crippen LogP contribution in [-0.2, 0) is 18.5 Å². The molecule has 2 rings (SSSR count). The zero-order valence-electron chi connectivity index (χ0n) is 16.3. The van der Waals surface area contributed by atoms with Gasteiger partial charge in [0, 0.05) is 30.8 Å². The van der Waals surface area contributed by atoms with Gasteiger partial charge in [0.15, 0.2) is 0 Å². The van der Waals surface area contributed by atoms with E-state index in [9.17, 15) is 14.0 Å². The highest BCUT2D eigenvalue weighted by Crippen LogP contribution is 2.28. The molecule has 1 aliphatic carbocycles. The topological polar surface area (TPSA) is 76.7 Å². The molecular formula is C19H30ClFN2O4S. The lowest BCUT2D eigenvalue weighted by atomic mass is 9.95. The number of halogens is 2. The average Bonchev–Trinajstić information content (AvgIpc) is 2.66. The molecule has 2 fully saturated rings. The van der Waals surface area contributed by atoms with Crippen LogP contribution in [0.25, 0.3) is 0 Å². The van der Waals surface area contributed by atoms with E-state index in [1.54, 1.807) is 0 Å². The first-order valence-corrected chi connectivity index (χ1v) is 11.1. The summed E-state index contributed by atoms with van der Waals surface area (Å²) in [6.07, 6.45) is 1.69. The van der Waals surface area contributed by atoms with Gasteiger partial charge in [0.05, 0.1) is 17.6 Å². The predicted molar refractivity (Wildman–Crippen MR) is 109 cm³/mol. The summed E-state index contributed by atoms with van der Waals surface area (Å²) in [4.78, 5) is 23.9. The Bertz CT molecular complexity index is 554. The van der Waals surface area contributed by atoms with Crippen molar-refractivity contribution in [1.82, 2.24) is 10.6 Å². The number of rotatable bonds is 9. The summed E-state index contributed by atoms with van der Waals surface area (Å²) in [5, 5.41) is 5.02. The standard InChI is InChI=1S/C19H30ClFN2O4S/c1-12-7-8-28-27-17(12)10-22-18(24)6-3-13(2)23-19(25)11-26-14-4-5-15(20)16(21)9-14/h12,14-17H,2-11H2,1H3,(H,22,24)(H,23,25). The van der Waals surface area contributed by atoms with Gasteiger partial charge >= 0.3 is 0 Å². The summed E-state index contributed by atoms with van der Waals surface area (Å²) in [5.74, 6) is 0.944. The minimum atomic E-state index is -1.10. The summed E-state index contributed by atoms with van der Waals surface area (Å²) < 4.78 is 24.6. The van der Waals surface area contributed by atoms with Crippen molar-refractivity contribution >= 4 is 35.5 Å². The third kappa shape index (κ3) is 8.27. The van der Waals surface area contributed by atoms with Gasteiger partial charge in [-0.05, 0) is 43.6 Å². The molecule has 0 bridgehead atoms. The second-order valence-electron chi connectivity index (χ2n) is 7.46. The van der Waals surface area contributed by atoms with E-state index in [1.807, 2.05) is 0 Å². The molecule has 9 heteroatoms. The molecule has 160 valence electrons. The van der Waals surface area contributed by atoms with Crippen molar-refractivity contribution in [3.8, 4) is 0 Å². The Morgan fingerprint density at radius 3 is 2.79 bits per heavy atom. The normalized spacial score (nSPS) is 30.5. The molecule has 1 aliphatic heterocycles. The molecule has 0 aromatic rings. The van der Waals surface area contributed by atoms with Gasteiger partial charge in [-0.25, -0.2) is 4.39 Å². The van der Waals surface area contributed by atoms with Gasteiger partial charge in [-0.3, -0.25) is 9.59 Å². The fourth-order valence-electron chi connectivity index (χ4n) is 3.14. The first kappa shape index (κ1) is 23.4. The van der Waals surface area contributed by atoms with Crippen LogP contribution >= 0.6 is 23.6 Å². The molecule has 1 heterocycles. The van der Waals surface area contributed by atoms with Gasteiger partial charge in [-0.1, -0.05) is 13.5 Å². The number of nitrogens with one attached hydrogen (secondary N) is 2. The first-order chi connectivity index (χ1) is 13.3. The molecule has 5 unspecified atom stereocenters. The second-order valence-corrected chi connectivity index (χ2v) is 8.85. The number of alkyl halides is 2. The van der Waals surface area contributed by atoms with Crippen molar-refractivity contribution in [1.29, 1.82) is 0 Å². The minimum absolute atomic E-state index is 0.0283. The van der Waals surface area contributed by atoms with Gasteiger partial charge in [-0.15, -0.1) is 11.6 Å². The van der Waals surface area contributed by atoms with E-state index in [4.69, 9.17) is 20.5 Å². The van der Waals surface area contributed by atoms with E-state index in [1.165, 1.54) is 12.0 Å². The van der Waals surface area contributed by atoms with Gasteiger partial charge in [0.1, 0.15) is 12.8 Å². The fraction of sp³-hybridized carbons (Fsp3) is 0.789. The third-order valence-corrected chi connectivity index (χ3v) is 6.33. The Kier molecular flexibility index (Phi) is 10.0. The summed E-state index contributed by atoms with van der Waals surface area (Å²) in [7, 11) is 0. The van der Waals surface area contributed by atoms with Crippen LogP contribution in [0.15, 0.2) is 12.3 Å². The van der Waals surface area contributed by atoms with Crippen molar-refractivity contribution < 1.29 is 22.9 Å².